The monoisotopic (exact) mass is 268 g/mol. The summed E-state index contributed by atoms with van der Waals surface area (Å²) in [5.74, 6) is 0.975. The Kier molecular flexibility index (Phi) is 6.81. The fraction of sp³-hybridized carbons (Fsp3) is 0.600. The molecule has 0 heterocycles. The van der Waals surface area contributed by atoms with Crippen molar-refractivity contribution in [3.05, 3.63) is 29.6 Å². The Morgan fingerprint density at radius 2 is 1.95 bits per heavy atom. The lowest BCUT2D eigenvalue weighted by Gasteiger charge is -2.21. The van der Waals surface area contributed by atoms with Crippen molar-refractivity contribution in [3.63, 3.8) is 0 Å². The summed E-state index contributed by atoms with van der Waals surface area (Å²) in [7, 11) is 0. The zero-order valence-corrected chi connectivity index (χ0v) is 11.9. The van der Waals surface area contributed by atoms with Gasteiger partial charge in [0, 0.05) is 0 Å². The van der Waals surface area contributed by atoms with E-state index >= 15 is 0 Å². The maximum absolute atomic E-state index is 13.4. The Balaban J connectivity index is 2.86. The Labute approximate surface area is 115 Å². The van der Waals surface area contributed by atoms with Crippen molar-refractivity contribution in [1.29, 1.82) is 0 Å². The summed E-state index contributed by atoms with van der Waals surface area (Å²) in [6, 6.07) is 4.70. The molecule has 108 valence electrons. The summed E-state index contributed by atoms with van der Waals surface area (Å²) in [5.41, 5.74) is 12.2. The van der Waals surface area contributed by atoms with Crippen molar-refractivity contribution >= 4 is 0 Å². The Hall–Kier alpha value is -1.13. The SMILES string of the molecule is CCCOc1ccc(F)cc1C(C)CC(CN)CN. The van der Waals surface area contributed by atoms with Gasteiger partial charge in [0.25, 0.3) is 0 Å². The minimum atomic E-state index is -0.234. The molecule has 0 aliphatic heterocycles. The van der Waals surface area contributed by atoms with Crippen molar-refractivity contribution in [2.45, 2.75) is 32.6 Å². The van der Waals surface area contributed by atoms with E-state index in [2.05, 4.69) is 6.92 Å². The van der Waals surface area contributed by atoms with Gasteiger partial charge in [-0.2, -0.15) is 0 Å². The molecule has 0 saturated carbocycles. The number of benzene rings is 1. The van der Waals surface area contributed by atoms with Crippen LogP contribution in [0.2, 0.25) is 0 Å². The Morgan fingerprint density at radius 1 is 1.26 bits per heavy atom. The summed E-state index contributed by atoms with van der Waals surface area (Å²) >= 11 is 0. The van der Waals surface area contributed by atoms with Gasteiger partial charge in [-0.25, -0.2) is 4.39 Å². The Bertz CT molecular complexity index is 380. The smallest absolute Gasteiger partial charge is 0.123 e. The van der Waals surface area contributed by atoms with Gasteiger partial charge in [0.1, 0.15) is 11.6 Å². The zero-order chi connectivity index (χ0) is 14.3. The second-order valence-electron chi connectivity index (χ2n) is 5.00. The second kappa shape index (κ2) is 8.12. The zero-order valence-electron chi connectivity index (χ0n) is 11.9. The predicted molar refractivity (Wildman–Crippen MR) is 76.8 cm³/mol. The van der Waals surface area contributed by atoms with Crippen LogP contribution in [0.3, 0.4) is 0 Å². The topological polar surface area (TPSA) is 61.3 Å². The fourth-order valence-electron chi connectivity index (χ4n) is 2.16. The Morgan fingerprint density at radius 3 is 2.53 bits per heavy atom. The quantitative estimate of drug-likeness (QED) is 0.762. The van der Waals surface area contributed by atoms with E-state index in [1.807, 2.05) is 6.92 Å². The third-order valence-electron chi connectivity index (χ3n) is 3.32. The lowest BCUT2D eigenvalue weighted by molar-refractivity contribution is 0.310. The first kappa shape index (κ1) is 15.9. The highest BCUT2D eigenvalue weighted by Gasteiger charge is 2.17. The molecule has 0 radical (unpaired) electrons. The maximum Gasteiger partial charge on any atom is 0.123 e. The third-order valence-corrected chi connectivity index (χ3v) is 3.32. The molecule has 19 heavy (non-hydrogen) atoms. The van der Waals surface area contributed by atoms with Crippen LogP contribution in [-0.2, 0) is 0 Å². The maximum atomic E-state index is 13.4. The van der Waals surface area contributed by atoms with Crippen molar-refractivity contribution < 1.29 is 9.13 Å². The molecule has 0 amide bonds. The molecule has 0 bridgehead atoms. The van der Waals surface area contributed by atoms with E-state index < -0.39 is 0 Å². The highest BCUT2D eigenvalue weighted by molar-refractivity contribution is 5.36. The minimum Gasteiger partial charge on any atom is -0.493 e. The van der Waals surface area contributed by atoms with E-state index in [-0.39, 0.29) is 17.7 Å². The summed E-state index contributed by atoms with van der Waals surface area (Å²) in [6.07, 6.45) is 1.78. The average Bonchev–Trinajstić information content (AvgIpc) is 2.43. The summed E-state index contributed by atoms with van der Waals surface area (Å²) in [5, 5.41) is 0. The summed E-state index contributed by atoms with van der Waals surface area (Å²) in [4.78, 5) is 0. The number of hydrogen-bond donors (Lipinski definition) is 2. The number of hydrogen-bond acceptors (Lipinski definition) is 3. The van der Waals surface area contributed by atoms with Crippen LogP contribution in [0.15, 0.2) is 18.2 Å². The van der Waals surface area contributed by atoms with Gasteiger partial charge in [-0.3, -0.25) is 0 Å². The van der Waals surface area contributed by atoms with Gasteiger partial charge in [0.15, 0.2) is 0 Å². The summed E-state index contributed by atoms with van der Waals surface area (Å²) in [6.45, 7) is 5.86. The van der Waals surface area contributed by atoms with Crippen LogP contribution < -0.4 is 16.2 Å². The van der Waals surface area contributed by atoms with Crippen LogP contribution in [-0.4, -0.2) is 19.7 Å². The average molecular weight is 268 g/mol. The van der Waals surface area contributed by atoms with Crippen LogP contribution in [0.1, 0.15) is 38.2 Å². The van der Waals surface area contributed by atoms with Crippen LogP contribution in [0.4, 0.5) is 4.39 Å². The van der Waals surface area contributed by atoms with Crippen molar-refractivity contribution in [2.75, 3.05) is 19.7 Å². The molecule has 0 aromatic heterocycles. The van der Waals surface area contributed by atoms with E-state index in [1.54, 1.807) is 12.1 Å². The van der Waals surface area contributed by atoms with E-state index in [9.17, 15) is 4.39 Å². The first-order chi connectivity index (χ1) is 9.12. The minimum absolute atomic E-state index is 0.180. The van der Waals surface area contributed by atoms with Crippen molar-refractivity contribution in [3.8, 4) is 5.75 Å². The van der Waals surface area contributed by atoms with Crippen molar-refractivity contribution in [1.82, 2.24) is 0 Å². The van der Waals surface area contributed by atoms with Gasteiger partial charge in [0.05, 0.1) is 6.61 Å². The molecular formula is C15H25FN2O. The molecule has 1 rings (SSSR count). The van der Waals surface area contributed by atoms with Gasteiger partial charge in [-0.15, -0.1) is 0 Å². The number of ether oxygens (including phenoxy) is 1. The summed E-state index contributed by atoms with van der Waals surface area (Å²) < 4.78 is 19.1. The molecule has 1 aromatic carbocycles. The highest BCUT2D eigenvalue weighted by Crippen LogP contribution is 2.31. The van der Waals surface area contributed by atoms with Gasteiger partial charge in [-0.05, 0) is 61.5 Å². The predicted octanol–water partition coefficient (Wildman–Crippen LogP) is 2.64. The van der Waals surface area contributed by atoms with E-state index in [0.717, 1.165) is 24.2 Å². The van der Waals surface area contributed by atoms with Gasteiger partial charge in [-0.1, -0.05) is 13.8 Å². The molecule has 4 N–H and O–H groups in total. The van der Waals surface area contributed by atoms with E-state index in [1.165, 1.54) is 6.07 Å². The highest BCUT2D eigenvalue weighted by atomic mass is 19.1. The first-order valence-corrected chi connectivity index (χ1v) is 6.94. The van der Waals surface area contributed by atoms with Gasteiger partial charge < -0.3 is 16.2 Å². The lowest BCUT2D eigenvalue weighted by Crippen LogP contribution is -2.24. The standard InChI is InChI=1S/C15H25FN2O/c1-3-6-19-15-5-4-13(16)8-14(15)11(2)7-12(9-17)10-18/h4-5,8,11-12H,3,6-7,9-10,17-18H2,1-2H3. The normalized spacial score (nSPS) is 12.7. The molecular weight excluding hydrogens is 243 g/mol. The molecule has 4 heteroatoms. The molecule has 0 spiro atoms. The molecule has 0 aliphatic carbocycles. The molecule has 0 saturated heterocycles. The first-order valence-electron chi connectivity index (χ1n) is 6.94. The fourth-order valence-corrected chi connectivity index (χ4v) is 2.16. The molecule has 1 unspecified atom stereocenters. The number of rotatable bonds is 8. The van der Waals surface area contributed by atoms with Crippen molar-refractivity contribution in [2.24, 2.45) is 17.4 Å². The van der Waals surface area contributed by atoms with Crippen LogP contribution in [0.5, 0.6) is 5.75 Å². The van der Waals surface area contributed by atoms with Crippen LogP contribution in [0, 0.1) is 11.7 Å². The molecule has 3 nitrogen and oxygen atoms in total. The lowest BCUT2D eigenvalue weighted by atomic mass is 9.89. The third kappa shape index (κ3) is 4.80. The van der Waals surface area contributed by atoms with Gasteiger partial charge in [0.2, 0.25) is 0 Å². The second-order valence-corrected chi connectivity index (χ2v) is 5.00. The van der Waals surface area contributed by atoms with E-state index in [4.69, 9.17) is 16.2 Å². The number of halogens is 1. The van der Waals surface area contributed by atoms with Crippen LogP contribution >= 0.6 is 0 Å². The molecule has 1 aromatic rings. The molecule has 0 aliphatic rings. The molecule has 1 atom stereocenters. The molecule has 0 fully saturated rings. The van der Waals surface area contributed by atoms with Gasteiger partial charge >= 0.3 is 0 Å². The number of nitrogens with two attached hydrogens (primary N) is 2. The van der Waals surface area contributed by atoms with Crippen LogP contribution in [0.25, 0.3) is 0 Å². The van der Waals surface area contributed by atoms with E-state index in [0.29, 0.717) is 19.7 Å². The largest absolute Gasteiger partial charge is 0.493 e.